The summed E-state index contributed by atoms with van der Waals surface area (Å²) in [5.41, 5.74) is 2.10. The molecule has 0 N–H and O–H groups in total. The zero-order chi connectivity index (χ0) is 20.5. The predicted molar refractivity (Wildman–Crippen MR) is 127 cm³/mol. The zero-order valence-electron chi connectivity index (χ0n) is 18.4. The fourth-order valence-electron chi connectivity index (χ4n) is 5.75. The van der Waals surface area contributed by atoms with Gasteiger partial charge in [0.25, 0.3) is 0 Å². The molecular weight excluding hydrogens is 423 g/mol. The number of hydrogen-bond acceptors (Lipinski definition) is 0. The monoisotopic (exact) mass is 462 g/mol. The third-order valence-electron chi connectivity index (χ3n) is 7.73. The molecular formula is C27H40BrF. The number of aryl methyl sites for hydroxylation is 2. The van der Waals surface area contributed by atoms with Gasteiger partial charge < -0.3 is 0 Å². The van der Waals surface area contributed by atoms with Crippen molar-refractivity contribution < 1.29 is 4.39 Å². The fraction of sp³-hybridized carbons (Fsp3) is 0.704. The standard InChI is InChI=1S/C27H40BrF/c1-2-3-4-5-26-17-12-23(20-27(26)29)7-6-21-8-13-24(14-9-21)25-15-10-22(11-16-25)18-19-28/h12,17-22,24-25H,2-11,13-16H2,1H3/b19-18+. The molecule has 29 heavy (non-hydrogen) atoms. The third kappa shape index (κ3) is 7.23. The van der Waals surface area contributed by atoms with Gasteiger partial charge in [0.15, 0.2) is 0 Å². The molecule has 2 heteroatoms. The Morgan fingerprint density at radius 3 is 2.24 bits per heavy atom. The number of rotatable bonds is 9. The van der Waals surface area contributed by atoms with Gasteiger partial charge in [-0.05, 0) is 110 Å². The summed E-state index contributed by atoms with van der Waals surface area (Å²) >= 11 is 3.43. The van der Waals surface area contributed by atoms with Gasteiger partial charge in [0.05, 0.1) is 0 Å². The van der Waals surface area contributed by atoms with Gasteiger partial charge in [-0.15, -0.1) is 0 Å². The molecule has 0 bridgehead atoms. The Kier molecular flexibility index (Phi) is 9.76. The maximum Gasteiger partial charge on any atom is 0.126 e. The summed E-state index contributed by atoms with van der Waals surface area (Å²) in [6, 6.07) is 6.03. The summed E-state index contributed by atoms with van der Waals surface area (Å²) in [6.07, 6.45) is 20.3. The number of allylic oxidation sites excluding steroid dienone is 1. The maximum atomic E-state index is 14.4. The lowest BCUT2D eigenvalue weighted by Gasteiger charge is -2.37. The van der Waals surface area contributed by atoms with Crippen LogP contribution in [0.15, 0.2) is 29.3 Å². The van der Waals surface area contributed by atoms with Crippen molar-refractivity contribution in [3.63, 3.8) is 0 Å². The molecule has 0 nitrogen and oxygen atoms in total. The molecule has 2 fully saturated rings. The van der Waals surface area contributed by atoms with E-state index in [4.69, 9.17) is 0 Å². The Labute approximate surface area is 186 Å². The quantitative estimate of drug-likeness (QED) is 0.321. The van der Waals surface area contributed by atoms with Crippen LogP contribution < -0.4 is 0 Å². The molecule has 0 aliphatic heterocycles. The van der Waals surface area contributed by atoms with Crippen molar-refractivity contribution in [1.29, 1.82) is 0 Å². The highest BCUT2D eigenvalue weighted by Gasteiger charge is 2.30. The summed E-state index contributed by atoms with van der Waals surface area (Å²) in [4.78, 5) is 2.05. The first kappa shape index (κ1) is 23.0. The smallest absolute Gasteiger partial charge is 0.126 e. The molecule has 0 aromatic heterocycles. The van der Waals surface area contributed by atoms with E-state index in [1.807, 2.05) is 12.1 Å². The first-order chi connectivity index (χ1) is 14.2. The Bertz CT molecular complexity index is 621. The highest BCUT2D eigenvalue weighted by atomic mass is 79.9. The van der Waals surface area contributed by atoms with E-state index in [0.717, 1.165) is 48.5 Å². The molecule has 162 valence electrons. The van der Waals surface area contributed by atoms with Crippen LogP contribution in [0.3, 0.4) is 0 Å². The fourth-order valence-corrected chi connectivity index (χ4v) is 6.18. The largest absolute Gasteiger partial charge is 0.207 e. The van der Waals surface area contributed by atoms with Gasteiger partial charge in [-0.25, -0.2) is 4.39 Å². The highest BCUT2D eigenvalue weighted by molar-refractivity contribution is 9.11. The van der Waals surface area contributed by atoms with Gasteiger partial charge in [-0.3, -0.25) is 0 Å². The molecule has 3 rings (SSSR count). The lowest BCUT2D eigenvalue weighted by molar-refractivity contribution is 0.153. The van der Waals surface area contributed by atoms with E-state index in [-0.39, 0.29) is 5.82 Å². The second kappa shape index (κ2) is 12.3. The van der Waals surface area contributed by atoms with Crippen LogP contribution in [-0.2, 0) is 12.8 Å². The van der Waals surface area contributed by atoms with Gasteiger partial charge >= 0.3 is 0 Å². The van der Waals surface area contributed by atoms with Crippen LogP contribution in [0.2, 0.25) is 0 Å². The van der Waals surface area contributed by atoms with E-state index >= 15 is 0 Å². The first-order valence-corrected chi connectivity index (χ1v) is 13.1. The van der Waals surface area contributed by atoms with Crippen molar-refractivity contribution in [2.75, 3.05) is 0 Å². The Morgan fingerprint density at radius 1 is 0.931 bits per heavy atom. The lowest BCUT2D eigenvalue weighted by Crippen LogP contribution is -2.25. The normalized spacial score (nSPS) is 28.1. The molecule has 2 aliphatic carbocycles. The Balaban J connectivity index is 1.37. The van der Waals surface area contributed by atoms with Gasteiger partial charge in [-0.2, -0.15) is 0 Å². The van der Waals surface area contributed by atoms with Crippen molar-refractivity contribution in [2.24, 2.45) is 23.7 Å². The molecule has 1 aromatic rings. The van der Waals surface area contributed by atoms with Crippen LogP contribution >= 0.6 is 15.9 Å². The summed E-state index contributed by atoms with van der Waals surface area (Å²) in [5.74, 6) is 3.63. The number of benzene rings is 1. The molecule has 0 amide bonds. The number of hydrogen-bond donors (Lipinski definition) is 0. The van der Waals surface area contributed by atoms with Crippen molar-refractivity contribution in [3.05, 3.63) is 46.2 Å². The van der Waals surface area contributed by atoms with E-state index < -0.39 is 0 Å². The molecule has 0 unspecified atom stereocenters. The Morgan fingerprint density at radius 2 is 1.62 bits per heavy atom. The van der Waals surface area contributed by atoms with Gasteiger partial charge in [-0.1, -0.05) is 66.7 Å². The first-order valence-electron chi connectivity index (χ1n) is 12.2. The van der Waals surface area contributed by atoms with E-state index in [9.17, 15) is 4.39 Å². The predicted octanol–water partition coefficient (Wildman–Crippen LogP) is 9.01. The van der Waals surface area contributed by atoms with Crippen LogP contribution in [0.1, 0.15) is 95.1 Å². The average Bonchev–Trinajstić information content (AvgIpc) is 2.75. The molecule has 0 heterocycles. The topological polar surface area (TPSA) is 0 Å². The summed E-state index contributed by atoms with van der Waals surface area (Å²) in [7, 11) is 0. The van der Waals surface area contributed by atoms with Crippen LogP contribution in [0, 0.1) is 29.5 Å². The van der Waals surface area contributed by atoms with E-state index in [0.29, 0.717) is 0 Å². The minimum atomic E-state index is 0.0210. The lowest BCUT2D eigenvalue weighted by atomic mass is 9.68. The maximum absolute atomic E-state index is 14.4. The summed E-state index contributed by atoms with van der Waals surface area (Å²) in [5, 5.41) is 0. The van der Waals surface area contributed by atoms with Crippen molar-refractivity contribution in [1.82, 2.24) is 0 Å². The second-order valence-electron chi connectivity index (χ2n) is 9.70. The molecule has 1 aromatic carbocycles. The molecule has 0 spiro atoms. The molecule has 2 saturated carbocycles. The Hall–Kier alpha value is -0.630. The minimum Gasteiger partial charge on any atom is -0.207 e. The second-order valence-corrected chi connectivity index (χ2v) is 10.2. The zero-order valence-corrected chi connectivity index (χ0v) is 19.9. The van der Waals surface area contributed by atoms with Crippen molar-refractivity contribution in [3.8, 4) is 0 Å². The highest BCUT2D eigenvalue weighted by Crippen LogP contribution is 2.42. The van der Waals surface area contributed by atoms with Crippen molar-refractivity contribution >= 4 is 15.9 Å². The van der Waals surface area contributed by atoms with Gasteiger partial charge in [0.2, 0.25) is 0 Å². The molecule has 0 saturated heterocycles. The van der Waals surface area contributed by atoms with Crippen LogP contribution in [0.5, 0.6) is 0 Å². The SMILES string of the molecule is CCCCCc1ccc(CCC2CCC(C3CCC(/C=C/Br)CC3)CC2)cc1F. The van der Waals surface area contributed by atoms with E-state index in [1.54, 1.807) is 0 Å². The summed E-state index contributed by atoms with van der Waals surface area (Å²) < 4.78 is 14.4. The minimum absolute atomic E-state index is 0.0210. The molecule has 0 atom stereocenters. The number of unbranched alkanes of at least 4 members (excludes halogenated alkanes) is 2. The third-order valence-corrected chi connectivity index (χ3v) is 8.03. The number of halogens is 2. The van der Waals surface area contributed by atoms with Crippen LogP contribution in [-0.4, -0.2) is 0 Å². The van der Waals surface area contributed by atoms with Crippen LogP contribution in [0.4, 0.5) is 4.39 Å². The van der Waals surface area contributed by atoms with Crippen LogP contribution in [0.25, 0.3) is 0 Å². The van der Waals surface area contributed by atoms with E-state index in [2.05, 4.69) is 40.0 Å². The molecule has 0 radical (unpaired) electrons. The van der Waals surface area contributed by atoms with Gasteiger partial charge in [0.1, 0.15) is 5.82 Å². The van der Waals surface area contributed by atoms with Gasteiger partial charge in [0, 0.05) is 0 Å². The average molecular weight is 464 g/mol. The summed E-state index contributed by atoms with van der Waals surface area (Å²) in [6.45, 7) is 2.20. The van der Waals surface area contributed by atoms with E-state index in [1.165, 1.54) is 76.2 Å². The van der Waals surface area contributed by atoms with Crippen molar-refractivity contribution in [2.45, 2.75) is 96.8 Å². The molecule has 2 aliphatic rings.